The van der Waals surface area contributed by atoms with Crippen LogP contribution in [-0.2, 0) is 11.0 Å². The predicted octanol–water partition coefficient (Wildman–Crippen LogP) is 1.29. The Hall–Kier alpha value is -2.72. The lowest BCUT2D eigenvalue weighted by Crippen LogP contribution is -2.33. The lowest BCUT2D eigenvalue weighted by Gasteiger charge is -2.12. The van der Waals surface area contributed by atoms with Crippen molar-refractivity contribution in [2.45, 2.75) is 6.18 Å². The quantitative estimate of drug-likeness (QED) is 0.462. The highest BCUT2D eigenvalue weighted by molar-refractivity contribution is 5.66. The Balaban J connectivity index is 3.15. The van der Waals surface area contributed by atoms with Crippen LogP contribution < -0.4 is 5.11 Å². The first kappa shape index (κ1) is 16.3. The van der Waals surface area contributed by atoms with Gasteiger partial charge in [0.1, 0.15) is 5.69 Å². The Labute approximate surface area is 115 Å². The average Bonchev–Trinajstić information content (AvgIpc) is 2.34. The van der Waals surface area contributed by atoms with E-state index in [1.165, 1.54) is 0 Å². The highest BCUT2D eigenvalue weighted by atomic mass is 19.4. The van der Waals surface area contributed by atoms with Crippen LogP contribution >= 0.6 is 0 Å². The van der Waals surface area contributed by atoms with E-state index in [4.69, 9.17) is 0 Å². The van der Waals surface area contributed by atoms with Gasteiger partial charge in [0.15, 0.2) is 0 Å². The van der Waals surface area contributed by atoms with Gasteiger partial charge < -0.3 is 9.90 Å². The van der Waals surface area contributed by atoms with Gasteiger partial charge in [-0.3, -0.25) is 15.1 Å². The number of carboxylic acid groups (broad SMARTS) is 1. The number of carboxylic acids is 1. The van der Waals surface area contributed by atoms with E-state index in [9.17, 15) is 33.2 Å². The fraction of sp³-hybridized carbons (Fsp3) is 0.300. The molecule has 114 valence electrons. The summed E-state index contributed by atoms with van der Waals surface area (Å²) in [6.07, 6.45) is -4.87. The van der Waals surface area contributed by atoms with Crippen molar-refractivity contribution in [2.75, 3.05) is 13.6 Å². The minimum Gasteiger partial charge on any atom is -0.548 e. The molecular formula is C10H8F3N4O4-. The molecule has 8 nitrogen and oxygen atoms in total. The van der Waals surface area contributed by atoms with Crippen LogP contribution in [0.3, 0.4) is 0 Å². The number of alkyl halides is 3. The van der Waals surface area contributed by atoms with Crippen LogP contribution in [0.15, 0.2) is 28.5 Å². The summed E-state index contributed by atoms with van der Waals surface area (Å²) < 4.78 is 38.4. The third kappa shape index (κ3) is 4.71. The lowest BCUT2D eigenvalue weighted by molar-refractivity contribution is -0.385. The molecule has 0 heterocycles. The smallest absolute Gasteiger partial charge is 0.418 e. The highest BCUT2D eigenvalue weighted by Gasteiger charge is 2.35. The summed E-state index contributed by atoms with van der Waals surface area (Å²) >= 11 is 0. The van der Waals surface area contributed by atoms with Crippen LogP contribution in [0.5, 0.6) is 0 Å². The van der Waals surface area contributed by atoms with Crippen LogP contribution in [-0.4, -0.2) is 29.5 Å². The van der Waals surface area contributed by atoms with Crippen LogP contribution in [0.2, 0.25) is 0 Å². The second-order valence-corrected chi connectivity index (χ2v) is 3.83. The molecule has 0 radical (unpaired) electrons. The van der Waals surface area contributed by atoms with Crippen LogP contribution in [0, 0.1) is 10.1 Å². The van der Waals surface area contributed by atoms with Gasteiger partial charge in [-0.15, -0.1) is 5.11 Å². The molecule has 0 aromatic heterocycles. The van der Waals surface area contributed by atoms with Gasteiger partial charge in [-0.05, 0) is 6.07 Å². The third-order valence-electron chi connectivity index (χ3n) is 2.16. The van der Waals surface area contributed by atoms with E-state index in [2.05, 4.69) is 10.3 Å². The van der Waals surface area contributed by atoms with Gasteiger partial charge in [-0.25, -0.2) is 0 Å². The molecule has 0 N–H and O–H groups in total. The third-order valence-corrected chi connectivity index (χ3v) is 2.16. The summed E-state index contributed by atoms with van der Waals surface area (Å²) in [5, 5.41) is 28.0. The van der Waals surface area contributed by atoms with E-state index in [0.29, 0.717) is 6.07 Å². The molecule has 0 atom stereocenters. The van der Waals surface area contributed by atoms with Gasteiger partial charge in [0.05, 0.1) is 23.0 Å². The summed E-state index contributed by atoms with van der Waals surface area (Å²) in [5.74, 6) is -1.49. The molecule has 0 aliphatic carbocycles. The number of hydrogen-bond donors (Lipinski definition) is 0. The first-order valence-electron chi connectivity index (χ1n) is 5.29. The maximum absolute atomic E-state index is 12.8. The molecule has 21 heavy (non-hydrogen) atoms. The predicted molar refractivity (Wildman–Crippen MR) is 60.3 cm³/mol. The number of aliphatic carboxylic acids is 1. The normalized spacial score (nSPS) is 11.6. The number of nitrogens with zero attached hydrogens (tertiary/aromatic N) is 4. The van der Waals surface area contributed by atoms with Crippen molar-refractivity contribution in [2.24, 2.45) is 10.3 Å². The summed E-state index contributed by atoms with van der Waals surface area (Å²) in [6, 6.07) is 1.94. The van der Waals surface area contributed by atoms with Crippen LogP contribution in [0.1, 0.15) is 5.56 Å². The number of benzene rings is 1. The molecule has 0 saturated carbocycles. The molecule has 1 rings (SSSR count). The topological polar surface area (TPSA) is 111 Å². The van der Waals surface area contributed by atoms with Crippen LogP contribution in [0.4, 0.5) is 24.5 Å². The zero-order valence-corrected chi connectivity index (χ0v) is 10.5. The molecular weight excluding hydrogens is 297 g/mol. The van der Waals surface area contributed by atoms with Gasteiger partial charge in [-0.1, -0.05) is 5.22 Å². The molecule has 1 aromatic rings. The molecule has 0 aliphatic heterocycles. The van der Waals surface area contributed by atoms with Gasteiger partial charge in [0.2, 0.25) is 0 Å². The Bertz CT molecular complexity index is 588. The lowest BCUT2D eigenvalue weighted by atomic mass is 10.1. The van der Waals surface area contributed by atoms with Gasteiger partial charge in [0.25, 0.3) is 5.69 Å². The number of nitro benzene ring substituents is 1. The standard InChI is InChI=1S/C10H9F3N4O4/c1-16(5-9(18)19)15-14-8-3-2-6(17(20)21)4-7(8)10(11,12)13/h2-4H,5H2,1H3,(H,18,19)/p-1. The van der Waals surface area contributed by atoms with Crippen molar-refractivity contribution < 1.29 is 28.0 Å². The number of halogens is 3. The molecule has 0 amide bonds. The molecule has 0 bridgehead atoms. The zero-order chi connectivity index (χ0) is 16.2. The number of non-ortho nitro benzene ring substituents is 1. The molecule has 1 aromatic carbocycles. The number of carbonyl (C=O) groups is 1. The zero-order valence-electron chi connectivity index (χ0n) is 10.5. The van der Waals surface area contributed by atoms with E-state index in [-0.39, 0.29) is 0 Å². The highest BCUT2D eigenvalue weighted by Crippen LogP contribution is 2.38. The number of hydrogen-bond acceptors (Lipinski definition) is 6. The Morgan fingerprint density at radius 1 is 1.43 bits per heavy atom. The van der Waals surface area contributed by atoms with Crippen molar-refractivity contribution in [3.05, 3.63) is 33.9 Å². The molecule has 0 spiro atoms. The van der Waals surface area contributed by atoms with E-state index < -0.39 is 40.6 Å². The van der Waals surface area contributed by atoms with Gasteiger partial charge >= 0.3 is 6.18 Å². The van der Waals surface area contributed by atoms with E-state index >= 15 is 0 Å². The maximum atomic E-state index is 12.8. The largest absolute Gasteiger partial charge is 0.548 e. The minimum atomic E-state index is -4.87. The second kappa shape index (κ2) is 6.15. The van der Waals surface area contributed by atoms with Gasteiger partial charge in [0, 0.05) is 19.2 Å². The Morgan fingerprint density at radius 2 is 2.05 bits per heavy atom. The Kier molecular flexibility index (Phi) is 4.79. The SMILES string of the molecule is CN(CC(=O)[O-])N=Nc1ccc([N+](=O)[O-])cc1C(F)(F)F. The second-order valence-electron chi connectivity index (χ2n) is 3.83. The summed E-state index contributed by atoms with van der Waals surface area (Å²) in [5.41, 5.74) is -2.76. The molecule has 0 unspecified atom stereocenters. The van der Waals surface area contributed by atoms with E-state index in [1.807, 2.05) is 0 Å². The van der Waals surface area contributed by atoms with Crippen molar-refractivity contribution in [3.8, 4) is 0 Å². The number of nitro groups is 1. The molecule has 0 aliphatic rings. The van der Waals surface area contributed by atoms with Crippen molar-refractivity contribution in [1.82, 2.24) is 5.01 Å². The summed E-state index contributed by atoms with van der Waals surface area (Å²) in [7, 11) is 1.16. The first-order chi connectivity index (χ1) is 9.61. The summed E-state index contributed by atoms with van der Waals surface area (Å²) in [4.78, 5) is 19.8. The number of rotatable bonds is 5. The molecule has 0 fully saturated rings. The molecule has 0 saturated heterocycles. The fourth-order valence-corrected chi connectivity index (χ4v) is 1.29. The van der Waals surface area contributed by atoms with Crippen molar-refractivity contribution in [1.29, 1.82) is 0 Å². The monoisotopic (exact) mass is 305 g/mol. The Morgan fingerprint density at radius 3 is 2.52 bits per heavy atom. The minimum absolute atomic E-state index is 0.326. The first-order valence-corrected chi connectivity index (χ1v) is 5.29. The summed E-state index contributed by atoms with van der Waals surface area (Å²) in [6.45, 7) is -0.669. The van der Waals surface area contributed by atoms with E-state index in [1.54, 1.807) is 0 Å². The van der Waals surface area contributed by atoms with Gasteiger partial charge in [-0.2, -0.15) is 13.2 Å². The molecule has 11 heteroatoms. The van der Waals surface area contributed by atoms with E-state index in [0.717, 1.165) is 24.2 Å². The number of likely N-dealkylation sites (N-methyl/N-ethyl adjacent to an activating group) is 1. The van der Waals surface area contributed by atoms with Crippen molar-refractivity contribution in [3.63, 3.8) is 0 Å². The van der Waals surface area contributed by atoms with Crippen molar-refractivity contribution >= 4 is 17.3 Å². The average molecular weight is 305 g/mol. The van der Waals surface area contributed by atoms with Crippen LogP contribution in [0.25, 0.3) is 0 Å². The maximum Gasteiger partial charge on any atom is 0.418 e. The number of carbonyl (C=O) groups excluding carboxylic acids is 1. The fourth-order valence-electron chi connectivity index (χ4n) is 1.29.